The molecule has 2 aromatic rings. The van der Waals surface area contributed by atoms with E-state index in [1.54, 1.807) is 0 Å². The third-order valence-corrected chi connectivity index (χ3v) is 3.35. The van der Waals surface area contributed by atoms with Crippen molar-refractivity contribution in [2.75, 3.05) is 11.1 Å². The third kappa shape index (κ3) is 3.34. The Balaban J connectivity index is 2.29. The summed E-state index contributed by atoms with van der Waals surface area (Å²) in [5, 5.41) is 13.2. The molecular formula is C13H9BrFN3O3. The highest BCUT2D eigenvalue weighted by molar-refractivity contribution is 9.10. The molecule has 2 rings (SSSR count). The van der Waals surface area contributed by atoms with Crippen molar-refractivity contribution in [3.8, 4) is 0 Å². The number of amides is 1. The Morgan fingerprint density at radius 1 is 1.29 bits per heavy atom. The summed E-state index contributed by atoms with van der Waals surface area (Å²) in [5.74, 6) is -1.17. The monoisotopic (exact) mass is 353 g/mol. The van der Waals surface area contributed by atoms with Crippen molar-refractivity contribution in [2.24, 2.45) is 0 Å². The van der Waals surface area contributed by atoms with E-state index < -0.39 is 16.6 Å². The molecule has 0 radical (unpaired) electrons. The fourth-order valence-corrected chi connectivity index (χ4v) is 2.05. The number of non-ortho nitro benzene ring substituents is 1. The minimum atomic E-state index is -0.598. The van der Waals surface area contributed by atoms with Gasteiger partial charge in [0.2, 0.25) is 0 Å². The van der Waals surface area contributed by atoms with Crippen molar-refractivity contribution in [3.05, 3.63) is 62.4 Å². The van der Waals surface area contributed by atoms with Crippen molar-refractivity contribution in [1.29, 1.82) is 0 Å². The van der Waals surface area contributed by atoms with Gasteiger partial charge < -0.3 is 11.1 Å². The van der Waals surface area contributed by atoms with Crippen LogP contribution in [0.15, 0.2) is 40.9 Å². The van der Waals surface area contributed by atoms with E-state index in [0.717, 1.165) is 12.1 Å². The van der Waals surface area contributed by atoms with Crippen molar-refractivity contribution in [1.82, 2.24) is 0 Å². The van der Waals surface area contributed by atoms with Gasteiger partial charge in [-0.2, -0.15) is 0 Å². The largest absolute Gasteiger partial charge is 0.396 e. The number of rotatable bonds is 3. The normalized spacial score (nSPS) is 10.2. The van der Waals surface area contributed by atoms with Crippen LogP contribution in [0, 0.1) is 15.9 Å². The fourth-order valence-electron chi connectivity index (χ4n) is 1.62. The number of benzene rings is 2. The molecule has 8 heteroatoms. The molecule has 0 aliphatic heterocycles. The first kappa shape index (κ1) is 14.9. The van der Waals surface area contributed by atoms with E-state index >= 15 is 0 Å². The standard InChI is InChI=1S/C13H9BrFN3O3/c14-10-3-2-8(18(20)21)6-9(10)13(19)17-7-1-4-11(15)12(16)5-7/h1-6H,16H2,(H,17,19). The van der Waals surface area contributed by atoms with Crippen LogP contribution in [0.5, 0.6) is 0 Å². The van der Waals surface area contributed by atoms with E-state index in [9.17, 15) is 19.3 Å². The van der Waals surface area contributed by atoms with Gasteiger partial charge in [-0.05, 0) is 40.2 Å². The van der Waals surface area contributed by atoms with Gasteiger partial charge in [0.05, 0.1) is 16.2 Å². The Kier molecular flexibility index (Phi) is 4.18. The molecule has 3 N–H and O–H groups in total. The fraction of sp³-hybridized carbons (Fsp3) is 0. The summed E-state index contributed by atoms with van der Waals surface area (Å²) in [6.07, 6.45) is 0. The predicted octanol–water partition coefficient (Wildman–Crippen LogP) is 3.33. The Hall–Kier alpha value is -2.48. The maximum Gasteiger partial charge on any atom is 0.270 e. The number of halogens is 2. The number of nitrogens with two attached hydrogens (primary N) is 1. The molecule has 0 spiro atoms. The highest BCUT2D eigenvalue weighted by atomic mass is 79.9. The van der Waals surface area contributed by atoms with Gasteiger partial charge in [-0.3, -0.25) is 14.9 Å². The van der Waals surface area contributed by atoms with Crippen LogP contribution in [0.4, 0.5) is 21.5 Å². The van der Waals surface area contributed by atoms with Crippen LogP contribution < -0.4 is 11.1 Å². The zero-order chi connectivity index (χ0) is 15.6. The maximum absolute atomic E-state index is 13.0. The molecule has 108 valence electrons. The molecule has 6 nitrogen and oxygen atoms in total. The number of nitrogen functional groups attached to an aromatic ring is 1. The lowest BCUT2D eigenvalue weighted by Gasteiger charge is -2.08. The maximum atomic E-state index is 13.0. The summed E-state index contributed by atoms with van der Waals surface area (Å²) in [5.41, 5.74) is 5.47. The van der Waals surface area contributed by atoms with Crippen LogP contribution in [0.1, 0.15) is 10.4 Å². The first-order valence-corrected chi connectivity index (χ1v) is 6.48. The summed E-state index contributed by atoms with van der Waals surface area (Å²) >= 11 is 3.15. The summed E-state index contributed by atoms with van der Waals surface area (Å²) in [4.78, 5) is 22.2. The highest BCUT2D eigenvalue weighted by Crippen LogP contribution is 2.24. The number of hydrogen-bond acceptors (Lipinski definition) is 4. The highest BCUT2D eigenvalue weighted by Gasteiger charge is 2.16. The Morgan fingerprint density at radius 3 is 2.62 bits per heavy atom. The van der Waals surface area contributed by atoms with Crippen molar-refractivity contribution in [2.45, 2.75) is 0 Å². The molecular weight excluding hydrogens is 345 g/mol. The number of nitro benzene ring substituents is 1. The summed E-state index contributed by atoms with van der Waals surface area (Å²) in [6, 6.07) is 7.55. The molecule has 21 heavy (non-hydrogen) atoms. The van der Waals surface area contributed by atoms with Gasteiger partial charge in [0.1, 0.15) is 5.82 Å². The second-order valence-electron chi connectivity index (χ2n) is 4.11. The van der Waals surface area contributed by atoms with Crippen LogP contribution >= 0.6 is 15.9 Å². The minimum absolute atomic E-state index is 0.0899. The van der Waals surface area contributed by atoms with Crippen LogP contribution in [0.3, 0.4) is 0 Å². The van der Waals surface area contributed by atoms with E-state index in [1.165, 1.54) is 24.3 Å². The molecule has 0 atom stereocenters. The molecule has 0 aliphatic rings. The average Bonchev–Trinajstić information content (AvgIpc) is 2.43. The predicted molar refractivity (Wildman–Crippen MR) is 79.6 cm³/mol. The second-order valence-corrected chi connectivity index (χ2v) is 4.97. The number of carbonyl (C=O) groups is 1. The minimum Gasteiger partial charge on any atom is -0.396 e. The smallest absolute Gasteiger partial charge is 0.270 e. The zero-order valence-electron chi connectivity index (χ0n) is 10.5. The molecule has 0 saturated carbocycles. The SMILES string of the molecule is Nc1cc(NC(=O)c2cc([N+](=O)[O-])ccc2Br)ccc1F. The lowest BCUT2D eigenvalue weighted by atomic mass is 10.2. The summed E-state index contributed by atoms with van der Waals surface area (Å²) < 4.78 is 13.4. The molecule has 1 amide bonds. The number of nitrogens with zero attached hydrogens (tertiary/aromatic N) is 1. The third-order valence-electron chi connectivity index (χ3n) is 2.66. The van der Waals surface area contributed by atoms with Crippen molar-refractivity contribution < 1.29 is 14.1 Å². The van der Waals surface area contributed by atoms with E-state index in [2.05, 4.69) is 21.2 Å². The quantitative estimate of drug-likeness (QED) is 0.502. The molecule has 0 saturated heterocycles. The van der Waals surface area contributed by atoms with Crippen LogP contribution in [0.25, 0.3) is 0 Å². The number of nitrogens with one attached hydrogen (secondary N) is 1. The van der Waals surface area contributed by atoms with Crippen molar-refractivity contribution in [3.63, 3.8) is 0 Å². The molecule has 0 aromatic heterocycles. The molecule has 0 heterocycles. The number of nitro groups is 1. The molecule has 0 unspecified atom stereocenters. The van der Waals surface area contributed by atoms with Gasteiger partial charge >= 0.3 is 0 Å². The Bertz CT molecular complexity index is 737. The summed E-state index contributed by atoms with van der Waals surface area (Å²) in [7, 11) is 0. The van der Waals surface area contributed by atoms with Gasteiger partial charge in [0.15, 0.2) is 0 Å². The van der Waals surface area contributed by atoms with Crippen molar-refractivity contribution >= 4 is 38.9 Å². The molecule has 2 aromatic carbocycles. The van der Waals surface area contributed by atoms with Crippen LogP contribution in [0.2, 0.25) is 0 Å². The van der Waals surface area contributed by atoms with Gasteiger partial charge in [0.25, 0.3) is 11.6 Å². The van der Waals surface area contributed by atoms with E-state index in [-0.39, 0.29) is 22.6 Å². The van der Waals surface area contributed by atoms with Gasteiger partial charge in [-0.1, -0.05) is 0 Å². The Labute approximate surface area is 127 Å². The lowest BCUT2D eigenvalue weighted by molar-refractivity contribution is -0.384. The first-order valence-electron chi connectivity index (χ1n) is 5.69. The van der Waals surface area contributed by atoms with Crippen LogP contribution in [-0.4, -0.2) is 10.8 Å². The van der Waals surface area contributed by atoms with Gasteiger partial charge in [0, 0.05) is 22.3 Å². The van der Waals surface area contributed by atoms with E-state index in [0.29, 0.717) is 4.47 Å². The Morgan fingerprint density at radius 2 is 2.00 bits per heavy atom. The van der Waals surface area contributed by atoms with Crippen LogP contribution in [-0.2, 0) is 0 Å². The first-order chi connectivity index (χ1) is 9.88. The van der Waals surface area contributed by atoms with E-state index in [4.69, 9.17) is 5.73 Å². The number of anilines is 2. The molecule has 0 fully saturated rings. The number of hydrogen-bond donors (Lipinski definition) is 2. The van der Waals surface area contributed by atoms with Gasteiger partial charge in [-0.25, -0.2) is 4.39 Å². The van der Waals surface area contributed by atoms with Gasteiger partial charge in [-0.15, -0.1) is 0 Å². The molecule has 0 bridgehead atoms. The topological polar surface area (TPSA) is 98.3 Å². The van der Waals surface area contributed by atoms with E-state index in [1.807, 2.05) is 0 Å². The summed E-state index contributed by atoms with van der Waals surface area (Å²) in [6.45, 7) is 0. The number of carbonyl (C=O) groups excluding carboxylic acids is 1. The lowest BCUT2D eigenvalue weighted by Crippen LogP contribution is -2.13. The molecule has 0 aliphatic carbocycles. The zero-order valence-corrected chi connectivity index (χ0v) is 12.1. The second kappa shape index (κ2) is 5.88. The average molecular weight is 354 g/mol.